The number of benzene rings is 1. The molecule has 1 spiro atoms. The second-order valence-corrected chi connectivity index (χ2v) is 16.8. The number of aromatic nitrogens is 2. The van der Waals surface area contributed by atoms with Crippen molar-refractivity contribution in [2.45, 2.75) is 123 Å². The van der Waals surface area contributed by atoms with E-state index in [0.717, 1.165) is 12.8 Å². The maximum atomic E-state index is 14.8. The number of oxime groups is 1. The van der Waals surface area contributed by atoms with Crippen LogP contribution in [0.25, 0.3) is 0 Å². The van der Waals surface area contributed by atoms with E-state index in [9.17, 15) is 33.2 Å². The van der Waals surface area contributed by atoms with Gasteiger partial charge in [-0.1, -0.05) is 72.2 Å². The molecule has 5 amide bonds. The summed E-state index contributed by atoms with van der Waals surface area (Å²) in [5.74, 6) is -4.51. The highest BCUT2D eigenvalue weighted by Gasteiger charge is 2.56. The van der Waals surface area contributed by atoms with Gasteiger partial charge >= 0.3 is 0 Å². The molecule has 3 heterocycles. The van der Waals surface area contributed by atoms with E-state index in [2.05, 4.69) is 36.4 Å². The first-order valence-electron chi connectivity index (χ1n) is 18.7. The molecular weight excluding hydrogens is 711 g/mol. The molecule has 4 N–H and O–H groups in total. The van der Waals surface area contributed by atoms with Crippen molar-refractivity contribution in [2.75, 3.05) is 6.54 Å². The van der Waals surface area contributed by atoms with E-state index in [4.69, 9.17) is 4.84 Å². The molecule has 1 aromatic carbocycles. The van der Waals surface area contributed by atoms with Crippen molar-refractivity contribution in [1.29, 1.82) is 0 Å². The zero-order valence-corrected chi connectivity index (χ0v) is 32.4. The summed E-state index contributed by atoms with van der Waals surface area (Å²) in [6.45, 7) is 12.3. The second-order valence-electron chi connectivity index (χ2n) is 16.8. The van der Waals surface area contributed by atoms with Crippen molar-refractivity contribution < 1.29 is 38.0 Å². The van der Waals surface area contributed by atoms with Gasteiger partial charge in [-0.25, -0.2) is 9.37 Å². The summed E-state index contributed by atoms with van der Waals surface area (Å²) in [6, 6.07) is 1.01. The van der Waals surface area contributed by atoms with E-state index in [0.29, 0.717) is 17.7 Å². The van der Waals surface area contributed by atoms with E-state index >= 15 is 0 Å². The van der Waals surface area contributed by atoms with Crippen LogP contribution < -0.4 is 21.3 Å². The third kappa shape index (κ3) is 9.89. The van der Waals surface area contributed by atoms with Crippen LogP contribution in [0.15, 0.2) is 48.0 Å². The monoisotopic (exact) mass is 762 g/mol. The summed E-state index contributed by atoms with van der Waals surface area (Å²) in [5, 5.41) is 15.3. The molecule has 1 saturated carbocycles. The number of hydrogen-bond acceptors (Lipinski definition) is 10. The quantitative estimate of drug-likeness (QED) is 0.222. The Bertz CT molecular complexity index is 1820. The number of halogens is 1. The van der Waals surface area contributed by atoms with Crippen molar-refractivity contribution in [2.24, 2.45) is 16.0 Å². The first-order chi connectivity index (χ1) is 25.8. The highest BCUT2D eigenvalue weighted by atomic mass is 19.1. The zero-order chi connectivity index (χ0) is 40.3. The smallest absolute Gasteiger partial charge is 0.289 e. The predicted octanol–water partition coefficient (Wildman–Crippen LogP) is 2.59. The summed E-state index contributed by atoms with van der Waals surface area (Å²) in [4.78, 5) is 97.6. The van der Waals surface area contributed by atoms with E-state index in [1.807, 2.05) is 6.92 Å². The van der Waals surface area contributed by atoms with Crippen LogP contribution >= 0.6 is 0 Å². The maximum Gasteiger partial charge on any atom is 0.289 e. The van der Waals surface area contributed by atoms with Gasteiger partial charge in [0.15, 0.2) is 5.60 Å². The van der Waals surface area contributed by atoms with Crippen LogP contribution in [-0.4, -0.2) is 98.3 Å². The molecule has 55 heavy (non-hydrogen) atoms. The summed E-state index contributed by atoms with van der Waals surface area (Å²) in [6.07, 6.45) is 6.45. The summed E-state index contributed by atoms with van der Waals surface area (Å²) >= 11 is 0. The molecule has 16 heteroatoms. The van der Waals surface area contributed by atoms with Crippen LogP contribution in [-0.2, 0) is 28.8 Å². The topological polar surface area (TPSA) is 201 Å². The van der Waals surface area contributed by atoms with Crippen LogP contribution in [0.1, 0.15) is 103 Å². The molecule has 2 fully saturated rings. The Morgan fingerprint density at radius 1 is 0.945 bits per heavy atom. The normalized spacial score (nSPS) is 21.1. The molecule has 1 saturated heterocycles. The van der Waals surface area contributed by atoms with E-state index in [1.54, 1.807) is 53.7 Å². The molecule has 2 aromatic rings. The van der Waals surface area contributed by atoms with Crippen molar-refractivity contribution in [3.05, 3.63) is 59.9 Å². The highest BCUT2D eigenvalue weighted by molar-refractivity contribution is 6.38. The number of rotatable bonds is 13. The Labute approximate surface area is 320 Å². The standard InChI is InChI=1S/C39H51FN8O7/c1-8-9-25(29(49)34(52)43-24-14-15-24)44-33(51)28-19-39(18-26(47-55-39)22-10-12-23(40)13-11-22)21-48(28)36(54)31(38(5,6)7)46-35(53)30(37(2,3)4)45-32(50)27-20-41-16-17-42-27/h10-13,16-17,20,24-25,28,30-31H,8-9,14-15,18-19,21H2,1-7H3,(H,43,52)(H,44,51)(H,45,50)(H,46,53)/t25-,28-,30+,31+,39+/m0/s1. The fourth-order valence-electron chi connectivity index (χ4n) is 6.73. The van der Waals surface area contributed by atoms with E-state index in [-0.39, 0.29) is 37.5 Å². The Morgan fingerprint density at radius 3 is 2.20 bits per heavy atom. The molecule has 1 aliphatic carbocycles. The molecule has 5 atom stereocenters. The number of nitrogens with one attached hydrogen (secondary N) is 4. The Morgan fingerprint density at radius 2 is 1.62 bits per heavy atom. The van der Waals surface area contributed by atoms with Gasteiger partial charge in [0.2, 0.25) is 23.5 Å². The summed E-state index contributed by atoms with van der Waals surface area (Å²) in [7, 11) is 0. The number of carbonyl (C=O) groups excluding carboxylic acids is 6. The summed E-state index contributed by atoms with van der Waals surface area (Å²) in [5.41, 5.74) is -1.78. The van der Waals surface area contributed by atoms with Crippen LogP contribution in [0.3, 0.4) is 0 Å². The van der Waals surface area contributed by atoms with Crippen LogP contribution in [0.5, 0.6) is 0 Å². The highest BCUT2D eigenvalue weighted by Crippen LogP contribution is 2.40. The van der Waals surface area contributed by atoms with E-state index < -0.39 is 81.7 Å². The number of likely N-dealkylation sites (tertiary alicyclic amines) is 1. The minimum Gasteiger partial charge on any atom is -0.387 e. The van der Waals surface area contributed by atoms with Gasteiger partial charge in [0.05, 0.1) is 24.5 Å². The third-order valence-corrected chi connectivity index (χ3v) is 9.95. The molecule has 5 rings (SSSR count). The lowest BCUT2D eigenvalue weighted by molar-refractivity contribution is -0.145. The lowest BCUT2D eigenvalue weighted by Crippen LogP contribution is -2.62. The number of Topliss-reactive ketones (excluding diaryl/α,β-unsaturated/α-hetero) is 1. The molecule has 3 aliphatic rings. The van der Waals surface area contributed by atoms with Crippen molar-refractivity contribution in [1.82, 2.24) is 36.1 Å². The van der Waals surface area contributed by atoms with Crippen molar-refractivity contribution >= 4 is 41.0 Å². The summed E-state index contributed by atoms with van der Waals surface area (Å²) < 4.78 is 13.7. The van der Waals surface area contributed by atoms with Gasteiger partial charge in [-0.15, -0.1) is 0 Å². The Kier molecular flexibility index (Phi) is 12.1. The van der Waals surface area contributed by atoms with Crippen LogP contribution in [0.2, 0.25) is 0 Å². The molecule has 0 unspecified atom stereocenters. The van der Waals surface area contributed by atoms with Crippen LogP contribution in [0.4, 0.5) is 4.39 Å². The number of carbonyl (C=O) groups is 6. The predicted molar refractivity (Wildman–Crippen MR) is 199 cm³/mol. The lowest BCUT2D eigenvalue weighted by Gasteiger charge is -2.38. The van der Waals surface area contributed by atoms with Gasteiger partial charge < -0.3 is 31.0 Å². The number of ketones is 1. The minimum absolute atomic E-state index is 0.00730. The third-order valence-electron chi connectivity index (χ3n) is 9.95. The second kappa shape index (κ2) is 16.2. The number of nitrogens with zero attached hydrogens (tertiary/aromatic N) is 4. The van der Waals surface area contributed by atoms with Gasteiger partial charge in [0.25, 0.3) is 11.8 Å². The molecular formula is C39H51FN8O7. The molecule has 296 valence electrons. The maximum absolute atomic E-state index is 14.8. The SMILES string of the molecule is CCC[C@H](NC(=O)[C@@H]1C[C@]2(CC(c3ccc(F)cc3)=NO2)CN1C(=O)[C@@H](NC(=O)[C@@H](NC(=O)c1cnccn1)C(C)(C)C)C(C)(C)C)C(=O)C(=O)NC1CC1. The van der Waals surface area contributed by atoms with Gasteiger partial charge in [0.1, 0.15) is 29.6 Å². The average molecular weight is 763 g/mol. The lowest BCUT2D eigenvalue weighted by atomic mass is 9.83. The van der Waals surface area contributed by atoms with Gasteiger partial charge in [-0.2, -0.15) is 0 Å². The van der Waals surface area contributed by atoms with Gasteiger partial charge in [-0.3, -0.25) is 33.8 Å². The Balaban J connectivity index is 1.43. The van der Waals surface area contributed by atoms with Crippen LogP contribution in [0, 0.1) is 16.6 Å². The Hall–Kier alpha value is -5.28. The molecule has 2 aliphatic heterocycles. The number of amides is 5. The van der Waals surface area contributed by atoms with Crippen molar-refractivity contribution in [3.63, 3.8) is 0 Å². The minimum atomic E-state index is -1.21. The first kappa shape index (κ1) is 40.9. The van der Waals surface area contributed by atoms with Gasteiger partial charge in [0, 0.05) is 31.3 Å². The molecule has 1 aromatic heterocycles. The van der Waals surface area contributed by atoms with Crippen molar-refractivity contribution in [3.8, 4) is 0 Å². The largest absolute Gasteiger partial charge is 0.387 e. The first-order valence-corrected chi connectivity index (χ1v) is 18.7. The molecule has 0 bridgehead atoms. The van der Waals surface area contributed by atoms with Gasteiger partial charge in [-0.05, 0) is 47.8 Å². The number of hydrogen-bond donors (Lipinski definition) is 4. The fourth-order valence-corrected chi connectivity index (χ4v) is 6.73. The molecule has 15 nitrogen and oxygen atoms in total. The molecule has 0 radical (unpaired) electrons. The fraction of sp³-hybridized carbons (Fsp3) is 0.564. The zero-order valence-electron chi connectivity index (χ0n) is 32.4. The van der Waals surface area contributed by atoms with E-state index in [1.165, 1.54) is 35.6 Å². The average Bonchev–Trinajstić information content (AvgIpc) is 3.72.